The van der Waals surface area contributed by atoms with E-state index in [1.807, 2.05) is 6.92 Å². The minimum atomic E-state index is 0.469. The summed E-state index contributed by atoms with van der Waals surface area (Å²) >= 11 is 5.00. The number of hydrogen-bond acceptors (Lipinski definition) is 5. The van der Waals surface area contributed by atoms with E-state index in [9.17, 15) is 0 Å². The van der Waals surface area contributed by atoms with Crippen LogP contribution in [0.25, 0.3) is 0 Å². The third-order valence-electron chi connectivity index (χ3n) is 2.40. The molecule has 0 bridgehead atoms. The lowest BCUT2D eigenvalue weighted by atomic mass is 10.2. The van der Waals surface area contributed by atoms with E-state index in [1.165, 1.54) is 0 Å². The molecule has 0 aliphatic carbocycles. The number of benzene rings is 1. The molecule has 2 N–H and O–H groups in total. The fourth-order valence-electron chi connectivity index (χ4n) is 1.54. The molecule has 7 heteroatoms. The molecule has 20 heavy (non-hydrogen) atoms. The van der Waals surface area contributed by atoms with Crippen molar-refractivity contribution < 1.29 is 14.2 Å². The third-order valence-corrected chi connectivity index (χ3v) is 2.64. The van der Waals surface area contributed by atoms with Gasteiger partial charge in [0.25, 0.3) is 0 Å². The van der Waals surface area contributed by atoms with Crippen LogP contribution in [0.15, 0.2) is 17.2 Å². The first-order chi connectivity index (χ1) is 9.65. The number of ether oxygens (including phenoxy) is 3. The number of hydrazone groups is 1. The van der Waals surface area contributed by atoms with Crippen LogP contribution in [0.5, 0.6) is 17.2 Å². The Labute approximate surface area is 124 Å². The van der Waals surface area contributed by atoms with E-state index >= 15 is 0 Å². The molecule has 0 amide bonds. The molecule has 0 fully saturated rings. The number of hydrogen-bond donors (Lipinski definition) is 2. The van der Waals surface area contributed by atoms with Crippen molar-refractivity contribution in [2.45, 2.75) is 6.92 Å². The van der Waals surface area contributed by atoms with Gasteiger partial charge >= 0.3 is 0 Å². The molecular weight excluding hydrogens is 278 g/mol. The smallest absolute Gasteiger partial charge is 0.203 e. The van der Waals surface area contributed by atoms with Gasteiger partial charge in [-0.25, -0.2) is 0 Å². The molecular formula is C13H19N3O3S. The zero-order valence-electron chi connectivity index (χ0n) is 12.0. The predicted molar refractivity (Wildman–Crippen MR) is 83.1 cm³/mol. The standard InChI is InChI=1S/C13H19N3O3S/c1-5-14-13(20)16-15-8-9-6-10(17-2)12(19-4)11(7-9)18-3/h6-8H,5H2,1-4H3,(H2,14,16,20)/b15-8+. The van der Waals surface area contributed by atoms with Crippen LogP contribution in [0.4, 0.5) is 0 Å². The summed E-state index contributed by atoms with van der Waals surface area (Å²) in [6.45, 7) is 2.70. The molecule has 6 nitrogen and oxygen atoms in total. The van der Waals surface area contributed by atoms with Gasteiger partial charge in [-0.15, -0.1) is 0 Å². The van der Waals surface area contributed by atoms with Crippen molar-refractivity contribution in [1.82, 2.24) is 10.7 Å². The molecule has 1 aromatic rings. The summed E-state index contributed by atoms with van der Waals surface area (Å²) in [5.41, 5.74) is 3.51. The van der Waals surface area contributed by atoms with E-state index in [-0.39, 0.29) is 0 Å². The number of nitrogens with one attached hydrogen (secondary N) is 2. The third kappa shape index (κ3) is 4.27. The van der Waals surface area contributed by atoms with Crippen LogP contribution in [-0.4, -0.2) is 39.2 Å². The first kappa shape index (κ1) is 16.0. The minimum absolute atomic E-state index is 0.469. The van der Waals surface area contributed by atoms with Crippen LogP contribution in [0.3, 0.4) is 0 Å². The molecule has 0 aromatic heterocycles. The molecule has 0 aliphatic rings. The largest absolute Gasteiger partial charge is 0.493 e. The second-order valence-corrected chi connectivity index (χ2v) is 4.10. The van der Waals surface area contributed by atoms with E-state index < -0.39 is 0 Å². The molecule has 0 aliphatic heterocycles. The van der Waals surface area contributed by atoms with E-state index in [0.717, 1.165) is 12.1 Å². The fraction of sp³-hybridized carbons (Fsp3) is 0.385. The van der Waals surface area contributed by atoms with Crippen molar-refractivity contribution >= 4 is 23.5 Å². The van der Waals surface area contributed by atoms with Gasteiger partial charge < -0.3 is 19.5 Å². The first-order valence-electron chi connectivity index (χ1n) is 6.03. The molecule has 0 unspecified atom stereocenters. The zero-order chi connectivity index (χ0) is 15.0. The maximum atomic E-state index is 5.26. The van der Waals surface area contributed by atoms with Gasteiger partial charge in [-0.1, -0.05) is 0 Å². The van der Waals surface area contributed by atoms with E-state index in [1.54, 1.807) is 39.7 Å². The topological polar surface area (TPSA) is 64.1 Å². The number of rotatable bonds is 6. The maximum Gasteiger partial charge on any atom is 0.203 e. The van der Waals surface area contributed by atoms with Crippen molar-refractivity contribution in [1.29, 1.82) is 0 Å². The molecule has 0 saturated carbocycles. The summed E-state index contributed by atoms with van der Waals surface area (Å²) < 4.78 is 15.8. The average Bonchev–Trinajstić information content (AvgIpc) is 2.46. The Bertz CT molecular complexity index is 467. The molecule has 1 rings (SSSR count). The molecule has 1 aromatic carbocycles. The average molecular weight is 297 g/mol. The molecule has 0 radical (unpaired) electrons. The summed E-state index contributed by atoms with van der Waals surface area (Å²) in [6, 6.07) is 3.59. The summed E-state index contributed by atoms with van der Waals surface area (Å²) in [6.07, 6.45) is 1.62. The van der Waals surface area contributed by atoms with Gasteiger partial charge in [0.2, 0.25) is 5.75 Å². The van der Waals surface area contributed by atoms with Gasteiger partial charge in [-0.3, -0.25) is 5.43 Å². The first-order valence-corrected chi connectivity index (χ1v) is 6.44. The highest BCUT2D eigenvalue weighted by Crippen LogP contribution is 2.37. The van der Waals surface area contributed by atoms with E-state index in [0.29, 0.717) is 22.4 Å². The van der Waals surface area contributed by atoms with Crippen LogP contribution in [0.2, 0.25) is 0 Å². The van der Waals surface area contributed by atoms with Gasteiger partial charge in [0.1, 0.15) is 0 Å². The molecule has 0 saturated heterocycles. The minimum Gasteiger partial charge on any atom is -0.493 e. The Hall–Kier alpha value is -2.02. The van der Waals surface area contributed by atoms with Crippen LogP contribution in [-0.2, 0) is 0 Å². The number of methoxy groups -OCH3 is 3. The van der Waals surface area contributed by atoms with Gasteiger partial charge in [-0.05, 0) is 31.3 Å². The van der Waals surface area contributed by atoms with Crippen molar-refractivity contribution in [3.63, 3.8) is 0 Å². The van der Waals surface area contributed by atoms with Crippen LogP contribution in [0, 0.1) is 0 Å². The van der Waals surface area contributed by atoms with Crippen LogP contribution in [0.1, 0.15) is 12.5 Å². The maximum absolute atomic E-state index is 5.26. The van der Waals surface area contributed by atoms with Crippen LogP contribution >= 0.6 is 12.2 Å². The SMILES string of the molecule is CCNC(=S)N/N=C/c1cc(OC)c(OC)c(OC)c1. The summed E-state index contributed by atoms with van der Waals surface area (Å²) in [5, 5.41) is 7.44. The Kier molecular flexibility index (Phi) is 6.58. The van der Waals surface area contributed by atoms with Gasteiger partial charge in [-0.2, -0.15) is 5.10 Å². The highest BCUT2D eigenvalue weighted by molar-refractivity contribution is 7.80. The van der Waals surface area contributed by atoms with E-state index in [4.69, 9.17) is 26.4 Å². The summed E-state index contributed by atoms with van der Waals surface area (Å²) in [7, 11) is 4.69. The van der Waals surface area contributed by atoms with Gasteiger partial charge in [0.05, 0.1) is 27.5 Å². The van der Waals surface area contributed by atoms with Crippen molar-refractivity contribution in [2.24, 2.45) is 5.10 Å². The zero-order valence-corrected chi connectivity index (χ0v) is 12.8. The monoisotopic (exact) mass is 297 g/mol. The number of nitrogens with zero attached hydrogens (tertiary/aromatic N) is 1. The van der Waals surface area contributed by atoms with E-state index in [2.05, 4.69) is 15.8 Å². The van der Waals surface area contributed by atoms with Gasteiger partial charge in [0.15, 0.2) is 16.6 Å². The Morgan fingerprint density at radius 2 is 1.80 bits per heavy atom. The summed E-state index contributed by atoms with van der Waals surface area (Å²) in [5.74, 6) is 1.69. The molecule has 0 heterocycles. The molecule has 0 atom stereocenters. The predicted octanol–water partition coefficient (Wildman–Crippen LogP) is 1.53. The number of thiocarbonyl (C=S) groups is 1. The fourth-order valence-corrected chi connectivity index (χ4v) is 1.74. The lowest BCUT2D eigenvalue weighted by Gasteiger charge is -2.12. The Balaban J connectivity index is 2.90. The second-order valence-electron chi connectivity index (χ2n) is 3.69. The Morgan fingerprint density at radius 3 is 2.25 bits per heavy atom. The summed E-state index contributed by atoms with van der Waals surface area (Å²) in [4.78, 5) is 0. The second kappa shape index (κ2) is 8.21. The van der Waals surface area contributed by atoms with Crippen molar-refractivity contribution in [3.05, 3.63) is 17.7 Å². The lowest BCUT2D eigenvalue weighted by Crippen LogP contribution is -2.31. The highest BCUT2D eigenvalue weighted by atomic mass is 32.1. The van der Waals surface area contributed by atoms with Gasteiger partial charge in [0, 0.05) is 12.1 Å². The lowest BCUT2D eigenvalue weighted by molar-refractivity contribution is 0.324. The normalized spacial score (nSPS) is 10.2. The quantitative estimate of drug-likeness (QED) is 0.472. The van der Waals surface area contributed by atoms with Crippen LogP contribution < -0.4 is 25.0 Å². The van der Waals surface area contributed by atoms with Crippen molar-refractivity contribution in [3.8, 4) is 17.2 Å². The molecule has 0 spiro atoms. The van der Waals surface area contributed by atoms with Crippen molar-refractivity contribution in [2.75, 3.05) is 27.9 Å². The highest BCUT2D eigenvalue weighted by Gasteiger charge is 2.12. The molecule has 110 valence electrons. The Morgan fingerprint density at radius 1 is 1.20 bits per heavy atom.